The molecule has 1 N–H and O–H groups in total. The van der Waals surface area contributed by atoms with Crippen molar-refractivity contribution >= 4 is 14.3 Å². The van der Waals surface area contributed by atoms with Gasteiger partial charge >= 0.3 is 11.7 Å². The number of aromatic nitrogens is 2. The van der Waals surface area contributed by atoms with Crippen LogP contribution < -0.4 is 11.2 Å². The van der Waals surface area contributed by atoms with Crippen molar-refractivity contribution < 1.29 is 18.7 Å². The first-order valence-electron chi connectivity index (χ1n) is 11.8. The Morgan fingerprint density at radius 3 is 2.54 bits per heavy atom. The topological polar surface area (TPSA) is 99.6 Å². The monoisotopic (exact) mass is 500 g/mol. The smallest absolute Gasteiger partial charge is 0.338 e. The minimum absolute atomic E-state index is 0.0698. The number of nitrogens with one attached hydrogen (secondary N) is 1. The first-order valence-corrected chi connectivity index (χ1v) is 14.7. The van der Waals surface area contributed by atoms with E-state index in [0.717, 1.165) is 0 Å². The van der Waals surface area contributed by atoms with E-state index < -0.39 is 43.5 Å². The molecule has 0 radical (unpaired) electrons. The van der Waals surface area contributed by atoms with Crippen molar-refractivity contribution in [3.63, 3.8) is 0 Å². The van der Waals surface area contributed by atoms with E-state index in [4.69, 9.17) is 13.9 Å². The van der Waals surface area contributed by atoms with Gasteiger partial charge in [0, 0.05) is 24.6 Å². The maximum atomic E-state index is 12.8. The minimum Gasteiger partial charge on any atom is -0.459 e. The maximum absolute atomic E-state index is 12.8. The van der Waals surface area contributed by atoms with Gasteiger partial charge in [-0.3, -0.25) is 14.3 Å². The van der Waals surface area contributed by atoms with Crippen LogP contribution in [0.1, 0.15) is 55.8 Å². The normalized spacial score (nSPS) is 22.7. The lowest BCUT2D eigenvalue weighted by atomic mass is 9.93. The zero-order chi connectivity index (χ0) is 26.0. The summed E-state index contributed by atoms with van der Waals surface area (Å²) in [7, 11) is -2.27. The third-order valence-electron chi connectivity index (χ3n) is 7.02. The summed E-state index contributed by atoms with van der Waals surface area (Å²) in [6.45, 7) is 16.2. The number of ether oxygens (including phenoxy) is 2. The molecule has 1 saturated heterocycles. The highest BCUT2D eigenvalue weighted by Gasteiger charge is 2.54. The maximum Gasteiger partial charge on any atom is 0.338 e. The summed E-state index contributed by atoms with van der Waals surface area (Å²) in [5, 5.41) is -0.0723. The molecule has 3 atom stereocenters. The summed E-state index contributed by atoms with van der Waals surface area (Å²) < 4.78 is 20.4. The van der Waals surface area contributed by atoms with E-state index in [1.54, 1.807) is 37.3 Å². The van der Waals surface area contributed by atoms with Crippen molar-refractivity contribution in [1.29, 1.82) is 0 Å². The van der Waals surface area contributed by atoms with Crippen LogP contribution in [0.2, 0.25) is 18.1 Å². The van der Waals surface area contributed by atoms with Gasteiger partial charge < -0.3 is 13.9 Å². The number of aryl methyl sites for hydroxylation is 1. The number of hydrogen-bond acceptors (Lipinski definition) is 6. The van der Waals surface area contributed by atoms with Gasteiger partial charge in [0.25, 0.3) is 5.56 Å². The number of rotatable bonds is 8. The lowest BCUT2D eigenvalue weighted by molar-refractivity contribution is -0.126. The average molecular weight is 501 g/mol. The van der Waals surface area contributed by atoms with Crippen LogP contribution in [0.15, 0.2) is 58.8 Å². The molecule has 35 heavy (non-hydrogen) atoms. The Bertz CT molecular complexity index is 1180. The third kappa shape index (κ3) is 5.74. The van der Waals surface area contributed by atoms with E-state index in [9.17, 15) is 14.4 Å². The Morgan fingerprint density at radius 2 is 1.94 bits per heavy atom. The van der Waals surface area contributed by atoms with Crippen LogP contribution in [0.4, 0.5) is 0 Å². The SMILES string of the molecule is C=CC[C@]1(COC(=O)c2ccccc2)O[C@@H](n2cc(C)c(=O)[nH]c2=O)C[C@H]1O[Si](C)(C)C(C)(C)C. The molecule has 1 fully saturated rings. The number of nitrogens with zero attached hydrogens (tertiary/aromatic N) is 1. The van der Waals surface area contributed by atoms with Crippen molar-refractivity contribution in [2.75, 3.05) is 6.61 Å². The quantitative estimate of drug-likeness (QED) is 0.329. The number of carbonyl (C=O) groups is 1. The van der Waals surface area contributed by atoms with E-state index in [1.165, 1.54) is 10.8 Å². The fourth-order valence-electron chi connectivity index (χ4n) is 3.91. The van der Waals surface area contributed by atoms with E-state index in [2.05, 4.69) is 45.4 Å². The molecular weight excluding hydrogens is 464 g/mol. The molecule has 2 aromatic rings. The van der Waals surface area contributed by atoms with Crippen LogP contribution in [0, 0.1) is 6.92 Å². The predicted molar refractivity (Wildman–Crippen MR) is 137 cm³/mol. The summed E-state index contributed by atoms with van der Waals surface area (Å²) in [5.74, 6) is -0.468. The van der Waals surface area contributed by atoms with Gasteiger partial charge in [0.05, 0.1) is 11.7 Å². The van der Waals surface area contributed by atoms with Gasteiger partial charge in [-0.25, -0.2) is 9.59 Å². The van der Waals surface area contributed by atoms with E-state index in [0.29, 0.717) is 24.0 Å². The van der Waals surface area contributed by atoms with Gasteiger partial charge in [-0.05, 0) is 37.2 Å². The Morgan fingerprint density at radius 1 is 1.29 bits per heavy atom. The van der Waals surface area contributed by atoms with Gasteiger partial charge in [0.15, 0.2) is 8.32 Å². The number of esters is 1. The molecule has 8 nitrogen and oxygen atoms in total. The largest absolute Gasteiger partial charge is 0.459 e. The van der Waals surface area contributed by atoms with Crippen LogP contribution >= 0.6 is 0 Å². The number of hydrogen-bond donors (Lipinski definition) is 1. The lowest BCUT2D eigenvalue weighted by Crippen LogP contribution is -2.52. The highest BCUT2D eigenvalue weighted by Crippen LogP contribution is 2.46. The van der Waals surface area contributed by atoms with Crippen LogP contribution in [-0.4, -0.2) is 42.1 Å². The highest BCUT2D eigenvalue weighted by atomic mass is 28.4. The first kappa shape index (κ1) is 26.8. The second-order valence-electron chi connectivity index (χ2n) is 10.7. The van der Waals surface area contributed by atoms with Crippen LogP contribution in [-0.2, 0) is 13.9 Å². The molecule has 1 aromatic heterocycles. The van der Waals surface area contributed by atoms with Gasteiger partial charge in [-0.15, -0.1) is 6.58 Å². The molecule has 0 aliphatic carbocycles. The van der Waals surface area contributed by atoms with Crippen LogP contribution in [0.3, 0.4) is 0 Å². The molecule has 0 amide bonds. The van der Waals surface area contributed by atoms with E-state index in [1.807, 2.05) is 6.07 Å². The summed E-state index contributed by atoms with van der Waals surface area (Å²) in [6.07, 6.45) is 2.74. The van der Waals surface area contributed by atoms with Crippen LogP contribution in [0.5, 0.6) is 0 Å². The molecule has 0 saturated carbocycles. The molecule has 0 bridgehead atoms. The molecule has 1 aliphatic heterocycles. The standard InChI is InChI=1S/C26H36N2O6Si/c1-8-14-26(17-32-23(30)19-12-10-9-11-13-19)20(34-35(6,7)25(3,4)5)15-21(33-26)28-16-18(2)22(29)27-24(28)31/h8-13,16,20-21H,1,14-15,17H2,2-7H3,(H,27,29,31)/t20-,21-,26-/m1/s1. The van der Waals surface area contributed by atoms with Gasteiger partial charge in [0.2, 0.25) is 0 Å². The van der Waals surface area contributed by atoms with Gasteiger partial charge in [-0.1, -0.05) is 45.0 Å². The van der Waals surface area contributed by atoms with E-state index in [-0.39, 0.29) is 11.6 Å². The summed E-state index contributed by atoms with van der Waals surface area (Å²) in [5.41, 5.74) is -1.22. The summed E-state index contributed by atoms with van der Waals surface area (Å²) in [6, 6.07) is 8.74. The molecule has 1 aliphatic rings. The van der Waals surface area contributed by atoms with Crippen molar-refractivity contribution in [1.82, 2.24) is 9.55 Å². The second-order valence-corrected chi connectivity index (χ2v) is 15.4. The number of aromatic amines is 1. The lowest BCUT2D eigenvalue weighted by Gasteiger charge is -2.42. The molecule has 9 heteroatoms. The molecule has 0 spiro atoms. The molecule has 0 unspecified atom stereocenters. The highest BCUT2D eigenvalue weighted by molar-refractivity contribution is 6.74. The van der Waals surface area contributed by atoms with Crippen LogP contribution in [0.25, 0.3) is 0 Å². The molecule has 1 aromatic carbocycles. The first-order chi connectivity index (χ1) is 16.3. The summed E-state index contributed by atoms with van der Waals surface area (Å²) >= 11 is 0. The Kier molecular flexibility index (Phi) is 7.73. The molecule has 190 valence electrons. The average Bonchev–Trinajstić information content (AvgIpc) is 3.12. The molecule has 2 heterocycles. The molecular formula is C26H36N2O6Si. The fourth-order valence-corrected chi connectivity index (χ4v) is 5.28. The minimum atomic E-state index is -2.27. The second kappa shape index (κ2) is 10.1. The molecule has 3 rings (SSSR count). The number of carbonyl (C=O) groups excluding carboxylic acids is 1. The zero-order valence-corrected chi connectivity index (χ0v) is 22.4. The van der Waals surface area contributed by atoms with Crippen molar-refractivity contribution in [3.05, 3.63) is 81.1 Å². The zero-order valence-electron chi connectivity index (χ0n) is 21.4. The fraction of sp³-hybridized carbons (Fsp3) is 0.500. The van der Waals surface area contributed by atoms with Crippen molar-refractivity contribution in [2.45, 2.75) is 76.6 Å². The van der Waals surface area contributed by atoms with E-state index >= 15 is 0 Å². The van der Waals surface area contributed by atoms with Gasteiger partial charge in [-0.2, -0.15) is 0 Å². The van der Waals surface area contributed by atoms with Crippen molar-refractivity contribution in [2.24, 2.45) is 0 Å². The Hall–Kier alpha value is -2.75. The number of benzene rings is 1. The number of H-pyrrole nitrogens is 1. The van der Waals surface area contributed by atoms with Crippen molar-refractivity contribution in [3.8, 4) is 0 Å². The Labute approximate surface area is 207 Å². The summed E-state index contributed by atoms with van der Waals surface area (Å²) in [4.78, 5) is 39.6. The Balaban J connectivity index is 1.99. The predicted octanol–water partition coefficient (Wildman–Crippen LogP) is 4.33. The third-order valence-corrected chi connectivity index (χ3v) is 11.5. The van der Waals surface area contributed by atoms with Gasteiger partial charge in [0.1, 0.15) is 18.4 Å².